The molecule has 1 aromatic heterocycles. The van der Waals surface area contributed by atoms with Crippen LogP contribution in [0.25, 0.3) is 10.4 Å². The minimum absolute atomic E-state index is 0.245. The van der Waals surface area contributed by atoms with E-state index in [1.165, 1.54) is 13.2 Å². The number of thiophene rings is 1. The highest BCUT2D eigenvalue weighted by atomic mass is 79.9. The summed E-state index contributed by atoms with van der Waals surface area (Å²) in [4.78, 5) is 1.98. The summed E-state index contributed by atoms with van der Waals surface area (Å²) < 4.78 is 30.9. The molecule has 6 heteroatoms. The van der Waals surface area contributed by atoms with Crippen molar-refractivity contribution in [3.63, 3.8) is 0 Å². The minimum Gasteiger partial charge on any atom is -0.494 e. The molecular formula is C15H14BrFO3S. The summed E-state index contributed by atoms with van der Waals surface area (Å²) in [6.07, 6.45) is -0.333. The minimum atomic E-state index is -0.367. The van der Waals surface area contributed by atoms with Gasteiger partial charge in [0.25, 0.3) is 0 Å². The first-order chi connectivity index (χ1) is 10.1. The first kappa shape index (κ1) is 15.0. The average Bonchev–Trinajstić information content (AvgIpc) is 3.09. The van der Waals surface area contributed by atoms with E-state index < -0.39 is 0 Å². The van der Waals surface area contributed by atoms with Crippen molar-refractivity contribution in [2.75, 3.05) is 20.3 Å². The van der Waals surface area contributed by atoms with Gasteiger partial charge in [-0.2, -0.15) is 0 Å². The summed E-state index contributed by atoms with van der Waals surface area (Å²) in [5.74, 6) is -0.122. The zero-order valence-electron chi connectivity index (χ0n) is 11.6. The molecule has 0 aliphatic carbocycles. The maximum absolute atomic E-state index is 13.9. The average molecular weight is 373 g/mol. The van der Waals surface area contributed by atoms with Crippen molar-refractivity contribution in [3.05, 3.63) is 38.9 Å². The highest BCUT2D eigenvalue weighted by Gasteiger charge is 2.26. The lowest BCUT2D eigenvalue weighted by atomic mass is 10.1. The lowest BCUT2D eigenvalue weighted by Crippen LogP contribution is -1.95. The monoisotopic (exact) mass is 372 g/mol. The van der Waals surface area contributed by atoms with Crippen molar-refractivity contribution >= 4 is 27.3 Å². The van der Waals surface area contributed by atoms with Gasteiger partial charge in [-0.3, -0.25) is 0 Å². The molecule has 0 saturated carbocycles. The maximum Gasteiger partial charge on any atom is 0.194 e. The van der Waals surface area contributed by atoms with E-state index in [4.69, 9.17) is 14.2 Å². The van der Waals surface area contributed by atoms with E-state index in [1.54, 1.807) is 17.4 Å². The van der Waals surface area contributed by atoms with E-state index in [2.05, 4.69) is 15.9 Å². The number of benzene rings is 1. The van der Waals surface area contributed by atoms with Gasteiger partial charge in [0.05, 0.1) is 25.2 Å². The fourth-order valence-electron chi connectivity index (χ4n) is 2.26. The second-order valence-electron chi connectivity index (χ2n) is 4.66. The van der Waals surface area contributed by atoms with Gasteiger partial charge in [0.15, 0.2) is 17.9 Å². The Morgan fingerprint density at radius 3 is 2.67 bits per heavy atom. The zero-order chi connectivity index (χ0) is 15.0. The number of hydrogen-bond acceptors (Lipinski definition) is 4. The molecule has 1 saturated heterocycles. The van der Waals surface area contributed by atoms with Crippen LogP contribution in [0.5, 0.6) is 5.75 Å². The molecule has 0 radical (unpaired) electrons. The van der Waals surface area contributed by atoms with Crippen LogP contribution in [-0.4, -0.2) is 20.3 Å². The number of rotatable bonds is 3. The summed E-state index contributed by atoms with van der Waals surface area (Å²) in [6, 6.07) is 4.98. The molecular weight excluding hydrogens is 359 g/mol. The number of ether oxygens (including phenoxy) is 3. The summed E-state index contributed by atoms with van der Waals surface area (Å²) in [6.45, 7) is 3.19. The lowest BCUT2D eigenvalue weighted by Gasteiger charge is -2.06. The summed E-state index contributed by atoms with van der Waals surface area (Å²) in [5, 5.41) is 0. The van der Waals surface area contributed by atoms with E-state index in [0.29, 0.717) is 13.2 Å². The van der Waals surface area contributed by atoms with Crippen LogP contribution in [-0.2, 0) is 9.47 Å². The molecule has 1 aromatic carbocycles. The van der Waals surface area contributed by atoms with Crippen molar-refractivity contribution in [3.8, 4) is 16.2 Å². The molecule has 0 unspecified atom stereocenters. The molecule has 0 amide bonds. The Morgan fingerprint density at radius 1 is 1.33 bits per heavy atom. The molecule has 0 N–H and O–H groups in total. The van der Waals surface area contributed by atoms with Crippen LogP contribution in [0.4, 0.5) is 4.39 Å². The molecule has 0 atom stereocenters. The van der Waals surface area contributed by atoms with Crippen LogP contribution < -0.4 is 4.74 Å². The van der Waals surface area contributed by atoms with Gasteiger partial charge in [0.2, 0.25) is 0 Å². The highest BCUT2D eigenvalue weighted by molar-refractivity contribution is 9.10. The molecule has 3 rings (SSSR count). The molecule has 112 valence electrons. The van der Waals surface area contributed by atoms with Crippen molar-refractivity contribution < 1.29 is 18.6 Å². The molecule has 1 fully saturated rings. The fourth-order valence-corrected chi connectivity index (χ4v) is 4.21. The van der Waals surface area contributed by atoms with Gasteiger partial charge >= 0.3 is 0 Å². The Balaban J connectivity index is 2.02. The Morgan fingerprint density at radius 2 is 2.05 bits per heavy atom. The second kappa shape index (κ2) is 6.04. The predicted molar refractivity (Wildman–Crippen MR) is 83.3 cm³/mol. The lowest BCUT2D eigenvalue weighted by molar-refractivity contribution is -0.0418. The van der Waals surface area contributed by atoms with Gasteiger partial charge in [-0.15, -0.1) is 11.3 Å². The molecule has 0 spiro atoms. The Kier molecular flexibility index (Phi) is 4.31. The molecule has 0 bridgehead atoms. The van der Waals surface area contributed by atoms with Gasteiger partial charge in [-0.05, 0) is 52.2 Å². The van der Waals surface area contributed by atoms with Crippen molar-refractivity contribution in [1.82, 2.24) is 0 Å². The molecule has 1 aliphatic rings. The SMILES string of the molecule is COc1ccc(-c2sc(C3OCCO3)c(Br)c2C)cc1F. The molecule has 1 aliphatic heterocycles. The van der Waals surface area contributed by atoms with Gasteiger partial charge in [0.1, 0.15) is 0 Å². The van der Waals surface area contributed by atoms with Gasteiger partial charge in [-0.25, -0.2) is 4.39 Å². The Labute approximate surface area is 134 Å². The van der Waals surface area contributed by atoms with Crippen LogP contribution >= 0.6 is 27.3 Å². The van der Waals surface area contributed by atoms with Crippen LogP contribution in [0.2, 0.25) is 0 Å². The van der Waals surface area contributed by atoms with E-state index in [1.807, 2.05) is 13.0 Å². The first-order valence-corrected chi connectivity index (χ1v) is 8.08. The van der Waals surface area contributed by atoms with Crippen LogP contribution in [0.1, 0.15) is 16.7 Å². The maximum atomic E-state index is 13.9. The van der Waals surface area contributed by atoms with Crippen LogP contribution in [0, 0.1) is 12.7 Å². The van der Waals surface area contributed by atoms with Gasteiger partial charge in [0, 0.05) is 9.35 Å². The summed E-state index contributed by atoms with van der Waals surface area (Å²) >= 11 is 5.14. The van der Waals surface area contributed by atoms with Gasteiger partial charge in [-0.1, -0.05) is 0 Å². The third-order valence-corrected chi connectivity index (χ3v) is 5.99. The van der Waals surface area contributed by atoms with E-state index >= 15 is 0 Å². The zero-order valence-corrected chi connectivity index (χ0v) is 14.0. The molecule has 2 aromatic rings. The van der Waals surface area contributed by atoms with E-state index in [0.717, 1.165) is 25.4 Å². The standard InChI is InChI=1S/C15H14BrFO3S/c1-8-12(16)14(15-19-5-6-20-15)21-13(8)9-3-4-11(18-2)10(17)7-9/h3-4,7,15H,5-6H2,1-2H3. The second-order valence-corrected chi connectivity index (χ2v) is 6.50. The summed E-state index contributed by atoms with van der Waals surface area (Å²) in [7, 11) is 1.46. The largest absolute Gasteiger partial charge is 0.494 e. The molecule has 21 heavy (non-hydrogen) atoms. The third-order valence-electron chi connectivity index (χ3n) is 3.35. The van der Waals surface area contributed by atoms with Crippen molar-refractivity contribution in [1.29, 1.82) is 0 Å². The van der Waals surface area contributed by atoms with Crippen LogP contribution in [0.3, 0.4) is 0 Å². The van der Waals surface area contributed by atoms with Gasteiger partial charge < -0.3 is 14.2 Å². The van der Waals surface area contributed by atoms with Crippen molar-refractivity contribution in [2.24, 2.45) is 0 Å². The third kappa shape index (κ3) is 2.73. The quantitative estimate of drug-likeness (QED) is 0.782. The molecule has 3 nitrogen and oxygen atoms in total. The first-order valence-electron chi connectivity index (χ1n) is 6.47. The number of hydrogen-bond donors (Lipinski definition) is 0. The number of halogens is 2. The van der Waals surface area contributed by atoms with Crippen LogP contribution in [0.15, 0.2) is 22.7 Å². The topological polar surface area (TPSA) is 27.7 Å². The van der Waals surface area contributed by atoms with Crippen molar-refractivity contribution in [2.45, 2.75) is 13.2 Å². The Bertz CT molecular complexity index is 665. The van der Waals surface area contributed by atoms with E-state index in [-0.39, 0.29) is 17.9 Å². The highest BCUT2D eigenvalue weighted by Crippen LogP contribution is 2.44. The smallest absolute Gasteiger partial charge is 0.194 e. The number of methoxy groups -OCH3 is 1. The normalized spacial score (nSPS) is 15.6. The predicted octanol–water partition coefficient (Wildman–Crippen LogP) is 4.68. The summed E-state index contributed by atoms with van der Waals surface area (Å²) in [5.41, 5.74) is 1.87. The fraction of sp³-hybridized carbons (Fsp3) is 0.333. The Hall–Kier alpha value is -0.950. The molecule has 2 heterocycles. The van der Waals surface area contributed by atoms with E-state index in [9.17, 15) is 4.39 Å².